The maximum Gasteiger partial charge on any atom is 0.269 e. The van der Waals surface area contributed by atoms with Gasteiger partial charge in [-0.3, -0.25) is 14.9 Å². The zero-order valence-electron chi connectivity index (χ0n) is 11.7. The Morgan fingerprint density at radius 3 is 2.45 bits per heavy atom. The normalized spacial score (nSPS) is 10.6. The smallest absolute Gasteiger partial charge is 0.269 e. The summed E-state index contributed by atoms with van der Waals surface area (Å²) in [6.45, 7) is 0. The lowest BCUT2D eigenvalue weighted by Crippen LogP contribution is -1.95. The van der Waals surface area contributed by atoms with Crippen LogP contribution in [0.15, 0.2) is 48.5 Å². The Morgan fingerprint density at radius 1 is 1.23 bits per heavy atom. The van der Waals surface area contributed by atoms with Crippen LogP contribution in [0.5, 0.6) is 11.5 Å². The predicted octanol–water partition coefficient (Wildman–Crippen LogP) is 3.21. The number of benzene rings is 2. The van der Waals surface area contributed by atoms with E-state index in [2.05, 4.69) is 0 Å². The van der Waals surface area contributed by atoms with E-state index in [0.717, 1.165) is 0 Å². The lowest BCUT2D eigenvalue weighted by Gasteiger charge is -2.03. The van der Waals surface area contributed by atoms with Gasteiger partial charge in [-0.2, -0.15) is 0 Å². The summed E-state index contributed by atoms with van der Waals surface area (Å²) in [5, 5.41) is 20.3. The summed E-state index contributed by atoms with van der Waals surface area (Å²) in [5.74, 6) is -0.0930. The molecule has 2 aromatic rings. The predicted molar refractivity (Wildman–Crippen MR) is 81.1 cm³/mol. The summed E-state index contributed by atoms with van der Waals surface area (Å²) in [6.07, 6.45) is 2.82. The number of methoxy groups -OCH3 is 1. The van der Waals surface area contributed by atoms with Crippen LogP contribution >= 0.6 is 0 Å². The van der Waals surface area contributed by atoms with E-state index in [1.54, 1.807) is 6.07 Å². The number of nitrogens with zero attached hydrogens (tertiary/aromatic N) is 1. The first-order valence-corrected chi connectivity index (χ1v) is 6.35. The summed E-state index contributed by atoms with van der Waals surface area (Å²) in [4.78, 5) is 22.1. The highest BCUT2D eigenvalue weighted by Gasteiger charge is 2.09. The van der Waals surface area contributed by atoms with Gasteiger partial charge in [0.15, 0.2) is 5.78 Å². The highest BCUT2D eigenvalue weighted by molar-refractivity contribution is 6.08. The van der Waals surface area contributed by atoms with Crippen molar-refractivity contribution in [3.8, 4) is 11.5 Å². The Hall–Kier alpha value is -3.15. The number of carbonyl (C=O) groups excluding carboxylic acids is 1. The number of rotatable bonds is 5. The number of phenols is 1. The molecular weight excluding hydrogens is 286 g/mol. The molecule has 0 saturated carbocycles. The van der Waals surface area contributed by atoms with Crippen molar-refractivity contribution in [1.29, 1.82) is 0 Å². The third-order valence-corrected chi connectivity index (χ3v) is 3.00. The second-order valence-electron chi connectivity index (χ2n) is 4.43. The number of ether oxygens (including phenoxy) is 1. The third kappa shape index (κ3) is 3.49. The van der Waals surface area contributed by atoms with E-state index in [1.807, 2.05) is 0 Å². The molecule has 22 heavy (non-hydrogen) atoms. The Balaban J connectivity index is 2.15. The number of nitro benzene ring substituents is 1. The number of non-ortho nitro benzene ring substituents is 1. The number of allylic oxidation sites excluding steroid dienone is 1. The van der Waals surface area contributed by atoms with Gasteiger partial charge in [0, 0.05) is 18.2 Å². The number of hydrogen-bond donors (Lipinski definition) is 1. The van der Waals surface area contributed by atoms with E-state index < -0.39 is 4.92 Å². The number of aromatic hydroxyl groups is 1. The Kier molecular flexibility index (Phi) is 4.53. The van der Waals surface area contributed by atoms with E-state index in [-0.39, 0.29) is 22.8 Å². The van der Waals surface area contributed by atoms with Gasteiger partial charge in [-0.05, 0) is 35.9 Å². The van der Waals surface area contributed by atoms with Crippen molar-refractivity contribution in [1.82, 2.24) is 0 Å². The molecule has 6 heteroatoms. The van der Waals surface area contributed by atoms with E-state index in [9.17, 15) is 20.0 Å². The van der Waals surface area contributed by atoms with Gasteiger partial charge < -0.3 is 9.84 Å². The average molecular weight is 299 g/mol. The molecular formula is C16H13NO5. The summed E-state index contributed by atoms with van der Waals surface area (Å²) < 4.78 is 4.95. The van der Waals surface area contributed by atoms with Gasteiger partial charge in [0.1, 0.15) is 11.5 Å². The largest absolute Gasteiger partial charge is 0.507 e. The fourth-order valence-corrected chi connectivity index (χ4v) is 1.82. The molecule has 0 heterocycles. The Labute approximate surface area is 126 Å². The van der Waals surface area contributed by atoms with E-state index in [1.165, 1.54) is 55.7 Å². The van der Waals surface area contributed by atoms with E-state index in [4.69, 9.17) is 4.74 Å². The summed E-state index contributed by atoms with van der Waals surface area (Å²) in [6, 6.07) is 10.2. The molecule has 6 nitrogen and oxygen atoms in total. The molecule has 0 saturated heterocycles. The number of phenolic OH excluding ortho intramolecular Hbond substituents is 1. The second-order valence-corrected chi connectivity index (χ2v) is 4.43. The van der Waals surface area contributed by atoms with Gasteiger partial charge in [-0.25, -0.2) is 0 Å². The van der Waals surface area contributed by atoms with Crippen molar-refractivity contribution in [2.24, 2.45) is 0 Å². The van der Waals surface area contributed by atoms with Crippen LogP contribution in [0.2, 0.25) is 0 Å². The molecule has 0 atom stereocenters. The minimum atomic E-state index is -0.492. The highest BCUT2D eigenvalue weighted by atomic mass is 16.6. The fraction of sp³-hybridized carbons (Fsp3) is 0.0625. The van der Waals surface area contributed by atoms with Gasteiger partial charge in [-0.1, -0.05) is 6.08 Å². The van der Waals surface area contributed by atoms with Crippen molar-refractivity contribution < 1.29 is 19.6 Å². The van der Waals surface area contributed by atoms with Crippen molar-refractivity contribution in [2.45, 2.75) is 0 Å². The minimum absolute atomic E-state index is 0.0173. The lowest BCUT2D eigenvalue weighted by atomic mass is 10.1. The molecule has 0 aliphatic carbocycles. The number of carbonyl (C=O) groups is 1. The molecule has 0 amide bonds. The van der Waals surface area contributed by atoms with Crippen LogP contribution in [0.4, 0.5) is 5.69 Å². The molecule has 0 fully saturated rings. The van der Waals surface area contributed by atoms with Crippen LogP contribution in [-0.2, 0) is 0 Å². The SMILES string of the molecule is COc1ccc(C(=O)/C=C/c2ccc([N+](=O)[O-])cc2)c(O)c1. The molecule has 0 radical (unpaired) electrons. The molecule has 0 aliphatic rings. The molecule has 0 bridgehead atoms. The second kappa shape index (κ2) is 6.53. The minimum Gasteiger partial charge on any atom is -0.507 e. The monoisotopic (exact) mass is 299 g/mol. The molecule has 0 aliphatic heterocycles. The molecule has 2 aromatic carbocycles. The van der Waals surface area contributed by atoms with Crippen LogP contribution in [0, 0.1) is 10.1 Å². The third-order valence-electron chi connectivity index (χ3n) is 3.00. The highest BCUT2D eigenvalue weighted by Crippen LogP contribution is 2.24. The average Bonchev–Trinajstić information content (AvgIpc) is 2.52. The summed E-state index contributed by atoms with van der Waals surface area (Å²) in [5.41, 5.74) is 0.780. The van der Waals surface area contributed by atoms with Gasteiger partial charge >= 0.3 is 0 Å². The first-order chi connectivity index (χ1) is 10.5. The van der Waals surface area contributed by atoms with Gasteiger partial charge in [-0.15, -0.1) is 0 Å². The van der Waals surface area contributed by atoms with Crippen LogP contribution < -0.4 is 4.74 Å². The van der Waals surface area contributed by atoms with Crippen LogP contribution in [0.25, 0.3) is 6.08 Å². The Bertz CT molecular complexity index is 735. The zero-order chi connectivity index (χ0) is 16.1. The topological polar surface area (TPSA) is 89.7 Å². The maximum atomic E-state index is 12.0. The summed E-state index contributed by atoms with van der Waals surface area (Å²) >= 11 is 0. The number of hydrogen-bond acceptors (Lipinski definition) is 5. The number of nitro groups is 1. The van der Waals surface area contributed by atoms with Crippen molar-refractivity contribution in [3.63, 3.8) is 0 Å². The first kappa shape index (κ1) is 15.2. The Morgan fingerprint density at radius 2 is 1.91 bits per heavy atom. The fourth-order valence-electron chi connectivity index (χ4n) is 1.82. The van der Waals surface area contributed by atoms with Gasteiger partial charge in [0.25, 0.3) is 5.69 Å². The first-order valence-electron chi connectivity index (χ1n) is 6.35. The van der Waals surface area contributed by atoms with E-state index in [0.29, 0.717) is 11.3 Å². The molecule has 112 valence electrons. The number of ketones is 1. The molecule has 0 unspecified atom stereocenters. The van der Waals surface area contributed by atoms with Crippen molar-refractivity contribution >= 4 is 17.5 Å². The van der Waals surface area contributed by atoms with Crippen molar-refractivity contribution in [2.75, 3.05) is 7.11 Å². The molecule has 0 spiro atoms. The quantitative estimate of drug-likeness (QED) is 0.396. The van der Waals surface area contributed by atoms with Gasteiger partial charge in [0.2, 0.25) is 0 Å². The van der Waals surface area contributed by atoms with Crippen LogP contribution in [-0.4, -0.2) is 22.9 Å². The van der Waals surface area contributed by atoms with Crippen LogP contribution in [0.1, 0.15) is 15.9 Å². The lowest BCUT2D eigenvalue weighted by molar-refractivity contribution is -0.384. The van der Waals surface area contributed by atoms with Gasteiger partial charge in [0.05, 0.1) is 17.6 Å². The molecule has 1 N–H and O–H groups in total. The summed E-state index contributed by atoms with van der Waals surface area (Å²) in [7, 11) is 1.46. The maximum absolute atomic E-state index is 12.0. The van der Waals surface area contributed by atoms with Crippen molar-refractivity contribution in [3.05, 3.63) is 69.8 Å². The standard InChI is InChI=1S/C16H13NO5/c1-22-13-7-8-14(16(19)10-13)15(18)9-4-11-2-5-12(6-3-11)17(20)21/h2-10,19H,1H3/b9-4+. The van der Waals surface area contributed by atoms with Crippen LogP contribution in [0.3, 0.4) is 0 Å². The molecule has 2 rings (SSSR count). The molecule has 0 aromatic heterocycles. The van der Waals surface area contributed by atoms with E-state index >= 15 is 0 Å². The zero-order valence-corrected chi connectivity index (χ0v) is 11.7.